The van der Waals surface area contributed by atoms with E-state index >= 15 is 0 Å². The van der Waals surface area contributed by atoms with E-state index in [1.165, 1.54) is 49.2 Å². The van der Waals surface area contributed by atoms with Crippen molar-refractivity contribution in [1.29, 1.82) is 0 Å². The maximum absolute atomic E-state index is 6.54. The Labute approximate surface area is 129 Å². The molecule has 21 heavy (non-hydrogen) atoms. The van der Waals surface area contributed by atoms with Crippen molar-refractivity contribution < 1.29 is 0 Å². The average molecular weight is 287 g/mol. The molecule has 2 aliphatic rings. The Morgan fingerprint density at radius 3 is 2.90 bits per heavy atom. The van der Waals surface area contributed by atoms with Gasteiger partial charge in [-0.1, -0.05) is 23.8 Å². The molecular weight excluding hydrogens is 258 g/mol. The minimum Gasteiger partial charge on any atom is -0.323 e. The van der Waals surface area contributed by atoms with E-state index in [0.717, 1.165) is 12.6 Å². The van der Waals surface area contributed by atoms with Crippen molar-refractivity contribution in [3.63, 3.8) is 0 Å². The summed E-state index contributed by atoms with van der Waals surface area (Å²) >= 11 is 0. The molecule has 0 bridgehead atoms. The highest BCUT2D eigenvalue weighted by atomic mass is 15.3. The number of piperazine rings is 1. The molecular formula is C18H29N3. The lowest BCUT2D eigenvalue weighted by molar-refractivity contribution is 0.0553. The lowest BCUT2D eigenvalue weighted by Gasteiger charge is -2.43. The predicted octanol–water partition coefficient (Wildman–Crippen LogP) is 2.47. The van der Waals surface area contributed by atoms with Crippen molar-refractivity contribution in [3.8, 4) is 0 Å². The van der Waals surface area contributed by atoms with Crippen molar-refractivity contribution in [2.45, 2.75) is 51.7 Å². The molecule has 2 fully saturated rings. The number of rotatable bonds is 3. The zero-order chi connectivity index (χ0) is 15.0. The van der Waals surface area contributed by atoms with Gasteiger partial charge in [-0.25, -0.2) is 0 Å². The normalized spacial score (nSPS) is 28.6. The molecule has 0 saturated carbocycles. The summed E-state index contributed by atoms with van der Waals surface area (Å²) in [6, 6.07) is 8.15. The molecule has 2 aliphatic heterocycles. The minimum atomic E-state index is 0.125. The van der Waals surface area contributed by atoms with Gasteiger partial charge < -0.3 is 5.73 Å². The zero-order valence-electron chi connectivity index (χ0n) is 13.7. The van der Waals surface area contributed by atoms with Crippen LogP contribution in [0.25, 0.3) is 0 Å². The fraction of sp³-hybridized carbons (Fsp3) is 0.667. The van der Waals surface area contributed by atoms with Gasteiger partial charge in [0.1, 0.15) is 0 Å². The largest absolute Gasteiger partial charge is 0.323 e. The van der Waals surface area contributed by atoms with Crippen molar-refractivity contribution >= 4 is 0 Å². The van der Waals surface area contributed by atoms with Gasteiger partial charge >= 0.3 is 0 Å². The summed E-state index contributed by atoms with van der Waals surface area (Å²) in [5, 5.41) is 0. The van der Waals surface area contributed by atoms with E-state index in [-0.39, 0.29) is 6.04 Å². The van der Waals surface area contributed by atoms with Crippen molar-refractivity contribution in [2.24, 2.45) is 5.73 Å². The van der Waals surface area contributed by atoms with Crippen LogP contribution in [0.2, 0.25) is 0 Å². The van der Waals surface area contributed by atoms with E-state index in [2.05, 4.69) is 48.8 Å². The van der Waals surface area contributed by atoms with Crippen molar-refractivity contribution in [1.82, 2.24) is 9.80 Å². The number of nitrogens with zero attached hydrogens (tertiary/aromatic N) is 2. The summed E-state index contributed by atoms with van der Waals surface area (Å²) < 4.78 is 0. The van der Waals surface area contributed by atoms with E-state index in [1.807, 2.05) is 0 Å². The summed E-state index contributed by atoms with van der Waals surface area (Å²) in [5.41, 5.74) is 10.5. The van der Waals surface area contributed by atoms with Gasteiger partial charge in [-0.3, -0.25) is 9.80 Å². The molecule has 116 valence electrons. The number of aryl methyl sites for hydroxylation is 2. The zero-order valence-corrected chi connectivity index (χ0v) is 13.7. The molecule has 2 saturated heterocycles. The van der Waals surface area contributed by atoms with Crippen LogP contribution >= 0.6 is 0 Å². The quantitative estimate of drug-likeness (QED) is 0.927. The summed E-state index contributed by atoms with van der Waals surface area (Å²) in [6.45, 7) is 11.4. The van der Waals surface area contributed by atoms with E-state index in [0.29, 0.717) is 6.04 Å². The Morgan fingerprint density at radius 2 is 2.10 bits per heavy atom. The van der Waals surface area contributed by atoms with Gasteiger partial charge in [-0.15, -0.1) is 0 Å². The second-order valence-corrected chi connectivity index (χ2v) is 7.06. The Balaban J connectivity index is 1.69. The highest BCUT2D eigenvalue weighted by Gasteiger charge is 2.34. The predicted molar refractivity (Wildman–Crippen MR) is 88.5 cm³/mol. The second kappa shape index (κ2) is 6.07. The number of fused-ring (bicyclic) bond motifs is 1. The molecule has 0 amide bonds. The monoisotopic (exact) mass is 287 g/mol. The third-order valence-electron chi connectivity index (χ3n) is 5.33. The topological polar surface area (TPSA) is 32.5 Å². The van der Waals surface area contributed by atoms with E-state index < -0.39 is 0 Å². The average Bonchev–Trinajstić information content (AvgIpc) is 2.88. The van der Waals surface area contributed by atoms with Crippen molar-refractivity contribution in [3.05, 3.63) is 34.9 Å². The first kappa shape index (κ1) is 15.0. The second-order valence-electron chi connectivity index (χ2n) is 7.06. The molecule has 3 atom stereocenters. The molecule has 0 radical (unpaired) electrons. The molecule has 2 N–H and O–H groups in total. The molecule has 1 aromatic carbocycles. The Kier molecular flexibility index (Phi) is 4.34. The fourth-order valence-electron chi connectivity index (χ4n) is 4.01. The minimum absolute atomic E-state index is 0.125. The maximum atomic E-state index is 6.54. The first-order chi connectivity index (χ1) is 10.0. The standard InChI is InChI=1S/C18H29N3/c1-13-6-7-14(2)17(9-13)18(19)12-21-11-16-5-4-8-20(16)10-15(21)3/h6-7,9,15-16,18H,4-5,8,10-12,19H2,1-3H3. The molecule has 3 rings (SSSR count). The number of nitrogens with two attached hydrogens (primary N) is 1. The van der Waals surface area contributed by atoms with Crippen LogP contribution in [-0.4, -0.2) is 48.1 Å². The van der Waals surface area contributed by atoms with Crippen LogP contribution in [0.1, 0.15) is 42.5 Å². The molecule has 0 spiro atoms. The lowest BCUT2D eigenvalue weighted by atomic mass is 9.98. The van der Waals surface area contributed by atoms with Crippen LogP contribution in [0.15, 0.2) is 18.2 Å². The first-order valence-electron chi connectivity index (χ1n) is 8.35. The van der Waals surface area contributed by atoms with E-state index in [4.69, 9.17) is 5.73 Å². The Bertz CT molecular complexity index is 499. The van der Waals surface area contributed by atoms with Gasteiger partial charge in [0, 0.05) is 37.8 Å². The van der Waals surface area contributed by atoms with Gasteiger partial charge in [-0.2, -0.15) is 0 Å². The number of hydrogen-bond acceptors (Lipinski definition) is 3. The third kappa shape index (κ3) is 3.15. The highest BCUT2D eigenvalue weighted by molar-refractivity contribution is 5.33. The molecule has 2 heterocycles. The molecule has 1 aromatic rings. The van der Waals surface area contributed by atoms with Gasteiger partial charge in [0.2, 0.25) is 0 Å². The van der Waals surface area contributed by atoms with Crippen LogP contribution < -0.4 is 5.73 Å². The summed E-state index contributed by atoms with van der Waals surface area (Å²) in [5.74, 6) is 0. The fourth-order valence-corrected chi connectivity index (χ4v) is 4.01. The molecule has 3 heteroatoms. The lowest BCUT2D eigenvalue weighted by Crippen LogP contribution is -2.56. The van der Waals surface area contributed by atoms with Gasteiger partial charge in [0.25, 0.3) is 0 Å². The SMILES string of the molecule is Cc1ccc(C)c(C(N)CN2CC3CCCN3CC2C)c1. The van der Waals surface area contributed by atoms with E-state index in [1.54, 1.807) is 0 Å². The first-order valence-corrected chi connectivity index (χ1v) is 8.35. The van der Waals surface area contributed by atoms with Crippen LogP contribution in [0.4, 0.5) is 0 Å². The molecule has 3 unspecified atom stereocenters. The van der Waals surface area contributed by atoms with Crippen LogP contribution in [0, 0.1) is 13.8 Å². The van der Waals surface area contributed by atoms with Crippen LogP contribution in [-0.2, 0) is 0 Å². The number of hydrogen-bond donors (Lipinski definition) is 1. The summed E-state index contributed by atoms with van der Waals surface area (Å²) in [6.07, 6.45) is 2.73. The van der Waals surface area contributed by atoms with E-state index in [9.17, 15) is 0 Å². The Hall–Kier alpha value is -0.900. The van der Waals surface area contributed by atoms with Gasteiger partial charge in [0.15, 0.2) is 0 Å². The maximum Gasteiger partial charge on any atom is 0.0427 e. The van der Waals surface area contributed by atoms with Crippen LogP contribution in [0.5, 0.6) is 0 Å². The van der Waals surface area contributed by atoms with Crippen molar-refractivity contribution in [2.75, 3.05) is 26.2 Å². The molecule has 0 aliphatic carbocycles. The Morgan fingerprint density at radius 1 is 1.29 bits per heavy atom. The van der Waals surface area contributed by atoms with Crippen LogP contribution in [0.3, 0.4) is 0 Å². The third-order valence-corrected chi connectivity index (χ3v) is 5.33. The molecule has 0 aromatic heterocycles. The highest BCUT2D eigenvalue weighted by Crippen LogP contribution is 2.26. The molecule has 3 nitrogen and oxygen atoms in total. The summed E-state index contributed by atoms with van der Waals surface area (Å²) in [4.78, 5) is 5.28. The summed E-state index contributed by atoms with van der Waals surface area (Å²) in [7, 11) is 0. The number of benzene rings is 1. The van der Waals surface area contributed by atoms with Gasteiger partial charge in [0.05, 0.1) is 0 Å². The smallest absolute Gasteiger partial charge is 0.0427 e. The van der Waals surface area contributed by atoms with Gasteiger partial charge in [-0.05, 0) is 51.3 Å².